The molecule has 11 heavy (non-hydrogen) atoms. The Morgan fingerprint density at radius 3 is 2.64 bits per heavy atom. The van der Waals surface area contributed by atoms with Gasteiger partial charge in [0.1, 0.15) is 5.60 Å². The molecule has 63 valence electrons. The molecule has 1 fully saturated rings. The summed E-state index contributed by atoms with van der Waals surface area (Å²) >= 11 is 0. The molecular formula is C8H14NO2. The molecule has 0 unspecified atom stereocenters. The van der Waals surface area contributed by atoms with Gasteiger partial charge in [0.15, 0.2) is 0 Å². The largest absolute Gasteiger partial charge is 0.380 e. The Balaban J connectivity index is 2.49. The monoisotopic (exact) mass is 156 g/mol. The van der Waals surface area contributed by atoms with Crippen molar-refractivity contribution in [2.75, 3.05) is 0 Å². The lowest BCUT2D eigenvalue weighted by Crippen LogP contribution is -2.44. The highest BCUT2D eigenvalue weighted by Gasteiger charge is 2.38. The number of hydrogen-bond acceptors (Lipinski definition) is 2. The third kappa shape index (κ3) is 1.93. The predicted octanol–water partition coefficient (Wildman–Crippen LogP) is 0.227. The number of carbonyl (C=O) groups excluding carboxylic acids is 1. The average molecular weight is 156 g/mol. The molecule has 0 heterocycles. The fraction of sp³-hybridized carbons (Fsp3) is 0.750. The minimum Gasteiger partial charge on any atom is -0.380 e. The summed E-state index contributed by atoms with van der Waals surface area (Å²) < 4.78 is 0. The minimum absolute atomic E-state index is 0.499. The van der Waals surface area contributed by atoms with Crippen LogP contribution in [0.15, 0.2) is 0 Å². The van der Waals surface area contributed by atoms with Crippen LogP contribution in [0.2, 0.25) is 0 Å². The van der Waals surface area contributed by atoms with Crippen LogP contribution in [0, 0.1) is 12.3 Å². The number of nitrogens with two attached hydrogens (primary N) is 1. The van der Waals surface area contributed by atoms with E-state index in [2.05, 4.69) is 0 Å². The lowest BCUT2D eigenvalue weighted by Gasteiger charge is -2.21. The molecule has 3 N–H and O–H groups in total. The molecule has 1 saturated carbocycles. The van der Waals surface area contributed by atoms with Crippen molar-refractivity contribution < 1.29 is 9.90 Å². The van der Waals surface area contributed by atoms with Gasteiger partial charge in [0.2, 0.25) is 5.91 Å². The van der Waals surface area contributed by atoms with Crippen LogP contribution in [0.5, 0.6) is 0 Å². The molecule has 0 bridgehead atoms. The average Bonchev–Trinajstić information content (AvgIpc) is 2.71. The third-order valence-electron chi connectivity index (χ3n) is 2.20. The normalized spacial score (nSPS) is 22.7. The van der Waals surface area contributed by atoms with Crippen molar-refractivity contribution in [3.8, 4) is 0 Å². The quantitative estimate of drug-likeness (QED) is 0.612. The van der Waals surface area contributed by atoms with Crippen LogP contribution in [-0.2, 0) is 4.79 Å². The van der Waals surface area contributed by atoms with Gasteiger partial charge in [-0.1, -0.05) is 19.8 Å². The number of carbonyl (C=O) groups is 1. The first-order valence-corrected chi connectivity index (χ1v) is 3.91. The first kappa shape index (κ1) is 8.53. The van der Waals surface area contributed by atoms with Crippen molar-refractivity contribution in [2.45, 2.75) is 31.8 Å². The van der Waals surface area contributed by atoms with Crippen LogP contribution < -0.4 is 5.73 Å². The molecule has 0 aliphatic heterocycles. The number of aliphatic hydroxyl groups is 1. The van der Waals surface area contributed by atoms with Crippen molar-refractivity contribution in [3.63, 3.8) is 0 Å². The SMILES string of the molecule is C[CH][C@](O)(CC1CC1)C(N)=O. The van der Waals surface area contributed by atoms with Gasteiger partial charge in [-0.25, -0.2) is 0 Å². The van der Waals surface area contributed by atoms with Crippen molar-refractivity contribution in [3.05, 3.63) is 6.42 Å². The van der Waals surface area contributed by atoms with Gasteiger partial charge in [0.05, 0.1) is 0 Å². The number of hydrogen-bond donors (Lipinski definition) is 2. The van der Waals surface area contributed by atoms with E-state index in [1.165, 1.54) is 6.42 Å². The molecule has 0 spiro atoms. The molecule has 1 atom stereocenters. The van der Waals surface area contributed by atoms with Crippen molar-refractivity contribution in [1.82, 2.24) is 0 Å². The Morgan fingerprint density at radius 2 is 2.36 bits per heavy atom. The maximum atomic E-state index is 10.8. The molecule has 1 rings (SSSR count). The Morgan fingerprint density at radius 1 is 1.82 bits per heavy atom. The summed E-state index contributed by atoms with van der Waals surface area (Å²) in [5.74, 6) is -0.129. The number of amides is 1. The summed E-state index contributed by atoms with van der Waals surface area (Å²) in [7, 11) is 0. The molecule has 0 saturated heterocycles. The predicted molar refractivity (Wildman–Crippen MR) is 41.5 cm³/mol. The molecule has 1 amide bonds. The standard InChI is InChI=1S/C8H14NO2/c1-2-8(11,7(9)10)5-6-3-4-6/h2,6,11H,3-5H2,1H3,(H2,9,10)/t8-/m0/s1. The van der Waals surface area contributed by atoms with E-state index in [1.54, 1.807) is 6.92 Å². The first-order chi connectivity index (χ1) is 5.08. The molecule has 0 aromatic rings. The van der Waals surface area contributed by atoms with Gasteiger partial charge in [0.25, 0.3) is 0 Å². The zero-order chi connectivity index (χ0) is 8.48. The van der Waals surface area contributed by atoms with E-state index in [0.29, 0.717) is 12.3 Å². The van der Waals surface area contributed by atoms with Crippen molar-refractivity contribution in [1.29, 1.82) is 0 Å². The minimum atomic E-state index is -1.36. The van der Waals surface area contributed by atoms with Crippen LogP contribution >= 0.6 is 0 Å². The van der Waals surface area contributed by atoms with Crippen LogP contribution in [-0.4, -0.2) is 16.6 Å². The lowest BCUT2D eigenvalue weighted by molar-refractivity contribution is -0.134. The van der Waals surface area contributed by atoms with E-state index < -0.39 is 11.5 Å². The van der Waals surface area contributed by atoms with E-state index in [-0.39, 0.29) is 0 Å². The fourth-order valence-electron chi connectivity index (χ4n) is 1.12. The summed E-state index contributed by atoms with van der Waals surface area (Å²) in [5, 5.41) is 9.58. The Hall–Kier alpha value is -0.570. The summed E-state index contributed by atoms with van der Waals surface area (Å²) in [4.78, 5) is 10.8. The maximum absolute atomic E-state index is 10.8. The molecule has 0 aromatic carbocycles. The van der Waals surface area contributed by atoms with Gasteiger partial charge in [-0.2, -0.15) is 0 Å². The summed E-state index contributed by atoms with van der Waals surface area (Å²) in [6.45, 7) is 1.66. The van der Waals surface area contributed by atoms with Crippen molar-refractivity contribution in [2.24, 2.45) is 11.7 Å². The molecule has 1 radical (unpaired) electrons. The van der Waals surface area contributed by atoms with Crippen LogP contribution in [0.4, 0.5) is 0 Å². The topological polar surface area (TPSA) is 63.3 Å². The van der Waals surface area contributed by atoms with Gasteiger partial charge in [0, 0.05) is 0 Å². The summed E-state index contributed by atoms with van der Waals surface area (Å²) in [6, 6.07) is 0. The molecule has 1 aliphatic carbocycles. The molecule has 3 nitrogen and oxygen atoms in total. The van der Waals surface area contributed by atoms with Gasteiger partial charge in [-0.3, -0.25) is 4.79 Å². The molecule has 0 aromatic heterocycles. The number of primary amides is 1. The zero-order valence-corrected chi connectivity index (χ0v) is 6.71. The van der Waals surface area contributed by atoms with Gasteiger partial charge in [-0.15, -0.1) is 0 Å². The van der Waals surface area contributed by atoms with E-state index in [4.69, 9.17) is 5.73 Å². The fourth-order valence-corrected chi connectivity index (χ4v) is 1.12. The van der Waals surface area contributed by atoms with Crippen LogP contribution in [0.1, 0.15) is 26.2 Å². The number of rotatable bonds is 4. The first-order valence-electron chi connectivity index (χ1n) is 3.91. The Labute approximate surface area is 66.6 Å². The van der Waals surface area contributed by atoms with Gasteiger partial charge in [-0.05, 0) is 18.8 Å². The molecule has 1 aliphatic rings. The highest BCUT2D eigenvalue weighted by atomic mass is 16.3. The second-order valence-corrected chi connectivity index (χ2v) is 3.22. The van der Waals surface area contributed by atoms with E-state index in [1.807, 2.05) is 0 Å². The Kier molecular flexibility index (Phi) is 2.18. The third-order valence-corrected chi connectivity index (χ3v) is 2.20. The van der Waals surface area contributed by atoms with Crippen molar-refractivity contribution >= 4 is 5.91 Å². The second kappa shape index (κ2) is 2.81. The summed E-state index contributed by atoms with van der Waals surface area (Å²) in [5.41, 5.74) is 3.68. The smallest absolute Gasteiger partial charge is 0.249 e. The van der Waals surface area contributed by atoms with Gasteiger partial charge < -0.3 is 10.8 Å². The molecule has 3 heteroatoms. The van der Waals surface area contributed by atoms with E-state index in [9.17, 15) is 9.90 Å². The van der Waals surface area contributed by atoms with Gasteiger partial charge >= 0.3 is 0 Å². The van der Waals surface area contributed by atoms with Crippen LogP contribution in [0.3, 0.4) is 0 Å². The highest BCUT2D eigenvalue weighted by Crippen LogP contribution is 2.37. The van der Waals surface area contributed by atoms with E-state index in [0.717, 1.165) is 12.8 Å². The lowest BCUT2D eigenvalue weighted by atomic mass is 9.93. The van der Waals surface area contributed by atoms with E-state index >= 15 is 0 Å². The maximum Gasteiger partial charge on any atom is 0.249 e. The Bertz CT molecular complexity index is 165. The highest BCUT2D eigenvalue weighted by molar-refractivity contribution is 5.84. The molecular weight excluding hydrogens is 142 g/mol. The summed E-state index contributed by atoms with van der Waals surface area (Å²) in [6.07, 6.45) is 4.21. The zero-order valence-electron chi connectivity index (χ0n) is 6.71. The second-order valence-electron chi connectivity index (χ2n) is 3.22. The van der Waals surface area contributed by atoms with Crippen LogP contribution in [0.25, 0.3) is 0 Å².